The first-order valence-corrected chi connectivity index (χ1v) is 9.69. The van der Waals surface area contributed by atoms with E-state index in [1.807, 2.05) is 6.92 Å². The highest BCUT2D eigenvalue weighted by Crippen LogP contribution is 2.32. The lowest BCUT2D eigenvalue weighted by atomic mass is 10.1. The minimum absolute atomic E-state index is 0.219. The number of halogens is 1. The molecule has 2 atom stereocenters. The van der Waals surface area contributed by atoms with Crippen LogP contribution in [0.1, 0.15) is 6.92 Å². The Labute approximate surface area is 177 Å². The molecule has 0 aromatic heterocycles. The number of benzene rings is 2. The Hall–Kier alpha value is -3.46. The van der Waals surface area contributed by atoms with Crippen molar-refractivity contribution in [1.29, 1.82) is 0 Å². The average molecular weight is 428 g/mol. The van der Waals surface area contributed by atoms with E-state index >= 15 is 0 Å². The molecule has 0 radical (unpaired) electrons. The van der Waals surface area contributed by atoms with Crippen LogP contribution in [-0.4, -0.2) is 48.0 Å². The van der Waals surface area contributed by atoms with Gasteiger partial charge in [0.25, 0.3) is 11.8 Å². The van der Waals surface area contributed by atoms with Crippen LogP contribution in [0.25, 0.3) is 0 Å². The van der Waals surface area contributed by atoms with E-state index in [0.717, 1.165) is 4.90 Å². The van der Waals surface area contributed by atoms with Gasteiger partial charge in [0.1, 0.15) is 12.3 Å². The second-order valence-electron chi connectivity index (χ2n) is 6.69. The Morgan fingerprint density at radius 3 is 2.47 bits per heavy atom. The average Bonchev–Trinajstić information content (AvgIpc) is 3.24. The number of carbonyl (C=O) groups is 3. The highest BCUT2D eigenvalue weighted by Gasteiger charge is 2.55. The van der Waals surface area contributed by atoms with Crippen molar-refractivity contribution in [3.63, 3.8) is 0 Å². The lowest BCUT2D eigenvalue weighted by molar-refractivity contribution is -0.123. The summed E-state index contributed by atoms with van der Waals surface area (Å²) in [5.41, 5.74) is 0.977. The number of anilines is 2. The van der Waals surface area contributed by atoms with E-state index in [-0.39, 0.29) is 6.54 Å². The second-order valence-corrected chi connectivity index (χ2v) is 7.12. The number of carbonyl (C=O) groups excluding carboxylic acids is 3. The van der Waals surface area contributed by atoms with Crippen molar-refractivity contribution in [3.05, 3.63) is 53.6 Å². The predicted molar refractivity (Wildman–Crippen MR) is 109 cm³/mol. The Balaban J connectivity index is 1.46. The third-order valence-electron chi connectivity index (χ3n) is 4.70. The molecule has 2 aromatic carbocycles. The summed E-state index contributed by atoms with van der Waals surface area (Å²) in [6.45, 7) is 2.16. The molecular formula is C20H18ClN5O4. The molecule has 2 aromatic rings. The number of fused-ring (bicyclic) bond motifs is 1. The Kier molecular flexibility index (Phi) is 5.37. The zero-order chi connectivity index (χ0) is 21.3. The summed E-state index contributed by atoms with van der Waals surface area (Å²) in [5, 5.41) is 12.3. The van der Waals surface area contributed by atoms with Gasteiger partial charge in [-0.3, -0.25) is 19.4 Å². The summed E-state index contributed by atoms with van der Waals surface area (Å²) in [6, 6.07) is 11.4. The quantitative estimate of drug-likeness (QED) is 0.714. The van der Waals surface area contributed by atoms with Crippen molar-refractivity contribution in [3.8, 4) is 5.75 Å². The van der Waals surface area contributed by atoms with Crippen LogP contribution in [0.3, 0.4) is 0 Å². The number of rotatable bonds is 6. The van der Waals surface area contributed by atoms with Crippen LogP contribution in [0.2, 0.25) is 5.02 Å². The first-order valence-electron chi connectivity index (χ1n) is 9.31. The molecule has 1 fully saturated rings. The monoisotopic (exact) mass is 427 g/mol. The molecule has 0 aliphatic carbocycles. The molecule has 1 saturated heterocycles. The van der Waals surface area contributed by atoms with Gasteiger partial charge in [0.05, 0.1) is 12.3 Å². The fraction of sp³-hybridized carbons (Fsp3) is 0.250. The molecule has 4 rings (SSSR count). The summed E-state index contributed by atoms with van der Waals surface area (Å²) < 4.78 is 5.39. The second kappa shape index (κ2) is 8.11. The van der Waals surface area contributed by atoms with Crippen LogP contribution in [0, 0.1) is 0 Å². The molecule has 30 heavy (non-hydrogen) atoms. The summed E-state index contributed by atoms with van der Waals surface area (Å²) in [7, 11) is 0. The molecule has 0 spiro atoms. The molecular weight excluding hydrogens is 410 g/mol. The van der Waals surface area contributed by atoms with Crippen molar-refractivity contribution in [2.75, 3.05) is 23.4 Å². The Morgan fingerprint density at radius 1 is 1.10 bits per heavy atom. The van der Waals surface area contributed by atoms with E-state index in [1.54, 1.807) is 48.5 Å². The van der Waals surface area contributed by atoms with Crippen LogP contribution in [0.4, 0.5) is 11.4 Å². The van der Waals surface area contributed by atoms with Crippen molar-refractivity contribution >= 4 is 40.7 Å². The molecule has 154 valence electrons. The predicted octanol–water partition coefficient (Wildman–Crippen LogP) is 2.67. The van der Waals surface area contributed by atoms with Gasteiger partial charge in [0, 0.05) is 10.7 Å². The smallest absolute Gasteiger partial charge is 0.263 e. The largest absolute Gasteiger partial charge is 0.494 e. The van der Waals surface area contributed by atoms with E-state index in [1.165, 1.54) is 5.01 Å². The first-order chi connectivity index (χ1) is 14.5. The number of amides is 3. The summed E-state index contributed by atoms with van der Waals surface area (Å²) in [6.07, 6.45) is 0. The van der Waals surface area contributed by atoms with E-state index in [2.05, 4.69) is 15.7 Å². The van der Waals surface area contributed by atoms with E-state index < -0.39 is 29.8 Å². The number of nitrogens with zero attached hydrogens (tertiary/aromatic N) is 4. The molecule has 2 heterocycles. The fourth-order valence-electron chi connectivity index (χ4n) is 3.35. The number of nitrogens with one attached hydrogen (secondary N) is 1. The van der Waals surface area contributed by atoms with Gasteiger partial charge >= 0.3 is 0 Å². The van der Waals surface area contributed by atoms with Gasteiger partial charge < -0.3 is 10.1 Å². The molecule has 3 amide bonds. The fourth-order valence-corrected chi connectivity index (χ4v) is 3.47. The lowest BCUT2D eigenvalue weighted by Crippen LogP contribution is -2.43. The third kappa shape index (κ3) is 3.71. The maximum atomic E-state index is 13.0. The van der Waals surface area contributed by atoms with Crippen molar-refractivity contribution in [2.45, 2.75) is 19.0 Å². The van der Waals surface area contributed by atoms with Gasteiger partial charge in [-0.25, -0.2) is 4.90 Å². The molecule has 0 bridgehead atoms. The van der Waals surface area contributed by atoms with Gasteiger partial charge in [-0.1, -0.05) is 16.8 Å². The minimum atomic E-state index is -0.965. The minimum Gasteiger partial charge on any atom is -0.494 e. The summed E-state index contributed by atoms with van der Waals surface area (Å²) in [4.78, 5) is 39.2. The Bertz CT molecular complexity index is 1010. The number of imide groups is 1. The van der Waals surface area contributed by atoms with Gasteiger partial charge in [0.15, 0.2) is 12.1 Å². The van der Waals surface area contributed by atoms with Gasteiger partial charge in [-0.15, -0.1) is 0 Å². The molecule has 2 aliphatic heterocycles. The van der Waals surface area contributed by atoms with Crippen LogP contribution < -0.4 is 15.0 Å². The van der Waals surface area contributed by atoms with E-state index in [0.29, 0.717) is 28.8 Å². The number of ether oxygens (including phenoxy) is 1. The Morgan fingerprint density at radius 2 is 1.80 bits per heavy atom. The van der Waals surface area contributed by atoms with Crippen LogP contribution in [0.15, 0.2) is 58.9 Å². The standard InChI is InChI=1S/C20H18ClN5O4/c1-2-30-15-9-7-14(8-10-15)26-19(28)17-18(20(26)29)25(24-23-17)11-16(27)22-13-5-3-12(21)4-6-13/h3-10,17-18H,2,11H2,1H3,(H,22,27)/t17-,18+/m1/s1. The molecule has 0 saturated carbocycles. The van der Waals surface area contributed by atoms with Crippen molar-refractivity contribution in [2.24, 2.45) is 10.3 Å². The lowest BCUT2D eigenvalue weighted by Gasteiger charge is -2.20. The normalized spacial score (nSPS) is 19.9. The van der Waals surface area contributed by atoms with Gasteiger partial charge in [0.2, 0.25) is 5.91 Å². The molecule has 10 heteroatoms. The van der Waals surface area contributed by atoms with Crippen LogP contribution in [0.5, 0.6) is 5.75 Å². The number of hydrogen-bond donors (Lipinski definition) is 1. The van der Waals surface area contributed by atoms with Crippen molar-refractivity contribution in [1.82, 2.24) is 5.01 Å². The maximum Gasteiger partial charge on any atom is 0.263 e. The van der Waals surface area contributed by atoms with Crippen LogP contribution in [-0.2, 0) is 14.4 Å². The molecule has 2 aliphatic rings. The van der Waals surface area contributed by atoms with Gasteiger partial charge in [-0.05, 0) is 55.5 Å². The molecule has 0 unspecified atom stereocenters. The van der Waals surface area contributed by atoms with Crippen molar-refractivity contribution < 1.29 is 19.1 Å². The first kappa shape index (κ1) is 19.8. The highest BCUT2D eigenvalue weighted by atomic mass is 35.5. The maximum absolute atomic E-state index is 13.0. The number of hydrogen-bond acceptors (Lipinski definition) is 7. The van der Waals surface area contributed by atoms with E-state index in [4.69, 9.17) is 16.3 Å². The topological polar surface area (TPSA) is 104 Å². The summed E-state index contributed by atoms with van der Waals surface area (Å²) in [5.74, 6) is -0.700. The summed E-state index contributed by atoms with van der Waals surface area (Å²) >= 11 is 5.84. The molecule has 1 N–H and O–H groups in total. The zero-order valence-corrected chi connectivity index (χ0v) is 16.7. The SMILES string of the molecule is CCOc1ccc(N2C(=O)[C@@H]3[C@@H](N=NN3CC(=O)Nc3ccc(Cl)cc3)C2=O)cc1. The molecule has 9 nitrogen and oxygen atoms in total. The zero-order valence-electron chi connectivity index (χ0n) is 16.0. The van der Waals surface area contributed by atoms with E-state index in [9.17, 15) is 14.4 Å². The van der Waals surface area contributed by atoms with Gasteiger partial charge in [-0.2, -0.15) is 5.11 Å². The highest BCUT2D eigenvalue weighted by molar-refractivity contribution is 6.30. The third-order valence-corrected chi connectivity index (χ3v) is 4.95. The van der Waals surface area contributed by atoms with Crippen LogP contribution >= 0.6 is 11.6 Å².